The molecule has 1 atom stereocenters. The molecular formula is C18H22N4O2. The van der Waals surface area contributed by atoms with Crippen molar-refractivity contribution in [1.29, 1.82) is 0 Å². The van der Waals surface area contributed by atoms with Crippen LogP contribution in [0.25, 0.3) is 0 Å². The Labute approximate surface area is 140 Å². The van der Waals surface area contributed by atoms with Crippen LogP contribution in [-0.4, -0.2) is 31.9 Å². The van der Waals surface area contributed by atoms with Crippen molar-refractivity contribution in [2.24, 2.45) is 5.92 Å². The number of hydrogen-bond acceptors (Lipinski definition) is 3. The lowest BCUT2D eigenvalue weighted by Crippen LogP contribution is -2.39. The molecule has 1 saturated carbocycles. The van der Waals surface area contributed by atoms with Gasteiger partial charge in [0.15, 0.2) is 0 Å². The SMILES string of the molecule is O=C(c1cc[nH]c(=O)c1)N1CCCn2ccnc2C1C1CCCC1. The fraction of sp³-hybridized carbons (Fsp3) is 0.500. The van der Waals surface area contributed by atoms with Crippen LogP contribution < -0.4 is 5.56 Å². The second-order valence-corrected chi connectivity index (χ2v) is 6.76. The first-order valence-electron chi connectivity index (χ1n) is 8.75. The Morgan fingerprint density at radius 2 is 2.04 bits per heavy atom. The average Bonchev–Trinajstić information content (AvgIpc) is 3.24. The third-order valence-corrected chi connectivity index (χ3v) is 5.28. The molecule has 0 bridgehead atoms. The molecule has 4 rings (SSSR count). The highest BCUT2D eigenvalue weighted by Crippen LogP contribution is 2.40. The predicted octanol–water partition coefficient (Wildman–Crippen LogP) is 2.35. The number of rotatable bonds is 2. The summed E-state index contributed by atoms with van der Waals surface area (Å²) < 4.78 is 2.19. The maximum absolute atomic E-state index is 13.1. The first kappa shape index (κ1) is 15.2. The molecule has 3 heterocycles. The number of aromatic nitrogens is 3. The number of carbonyl (C=O) groups excluding carboxylic acids is 1. The van der Waals surface area contributed by atoms with E-state index in [1.54, 1.807) is 12.3 Å². The van der Waals surface area contributed by atoms with Gasteiger partial charge < -0.3 is 14.5 Å². The quantitative estimate of drug-likeness (QED) is 0.921. The zero-order valence-corrected chi connectivity index (χ0v) is 13.6. The largest absolute Gasteiger partial charge is 0.333 e. The number of pyridine rings is 1. The van der Waals surface area contributed by atoms with Crippen molar-refractivity contribution >= 4 is 5.91 Å². The van der Waals surface area contributed by atoms with Gasteiger partial charge in [-0.05, 0) is 31.2 Å². The fourth-order valence-corrected chi connectivity index (χ4v) is 4.18. The van der Waals surface area contributed by atoms with E-state index in [-0.39, 0.29) is 17.5 Å². The summed E-state index contributed by atoms with van der Waals surface area (Å²) in [7, 11) is 0. The van der Waals surface area contributed by atoms with E-state index in [9.17, 15) is 9.59 Å². The first-order chi connectivity index (χ1) is 11.7. The molecule has 1 fully saturated rings. The summed E-state index contributed by atoms with van der Waals surface area (Å²) in [6, 6.07) is 3.09. The highest BCUT2D eigenvalue weighted by Gasteiger charge is 2.38. The summed E-state index contributed by atoms with van der Waals surface area (Å²) >= 11 is 0. The number of aromatic amines is 1. The molecule has 0 aromatic carbocycles. The maximum atomic E-state index is 13.1. The van der Waals surface area contributed by atoms with Gasteiger partial charge in [0.05, 0.1) is 6.04 Å². The van der Waals surface area contributed by atoms with Crippen LogP contribution >= 0.6 is 0 Å². The Morgan fingerprint density at radius 3 is 2.83 bits per heavy atom. The van der Waals surface area contributed by atoms with Crippen LogP contribution in [0.15, 0.2) is 35.5 Å². The van der Waals surface area contributed by atoms with Crippen LogP contribution in [0.3, 0.4) is 0 Å². The molecule has 1 aliphatic carbocycles. The second kappa shape index (κ2) is 6.26. The number of aryl methyl sites for hydroxylation is 1. The number of amides is 1. The van der Waals surface area contributed by atoms with Gasteiger partial charge in [-0.1, -0.05) is 12.8 Å². The zero-order valence-electron chi connectivity index (χ0n) is 13.6. The fourth-order valence-electron chi connectivity index (χ4n) is 4.18. The van der Waals surface area contributed by atoms with Crippen molar-refractivity contribution in [2.75, 3.05) is 6.54 Å². The standard InChI is InChI=1S/C18H22N4O2/c23-15-12-14(6-7-19-15)18(24)22-10-3-9-21-11-8-20-17(21)16(22)13-4-1-2-5-13/h6-8,11-13,16H,1-5,9-10H2,(H,19,23). The van der Waals surface area contributed by atoms with Crippen LogP contribution in [0, 0.1) is 5.92 Å². The second-order valence-electron chi connectivity index (χ2n) is 6.76. The van der Waals surface area contributed by atoms with E-state index in [0.29, 0.717) is 18.0 Å². The van der Waals surface area contributed by atoms with E-state index in [1.807, 2.05) is 17.3 Å². The van der Waals surface area contributed by atoms with Gasteiger partial charge in [-0.15, -0.1) is 0 Å². The Balaban J connectivity index is 1.74. The first-order valence-corrected chi connectivity index (χ1v) is 8.75. The van der Waals surface area contributed by atoms with Crippen LogP contribution in [0.1, 0.15) is 54.3 Å². The normalized spacial score (nSPS) is 21.5. The van der Waals surface area contributed by atoms with Crippen molar-refractivity contribution in [3.05, 3.63) is 52.5 Å². The van der Waals surface area contributed by atoms with E-state index in [2.05, 4.69) is 14.5 Å². The summed E-state index contributed by atoms with van der Waals surface area (Å²) in [5.74, 6) is 1.39. The maximum Gasteiger partial charge on any atom is 0.254 e. The number of nitrogens with one attached hydrogen (secondary N) is 1. The average molecular weight is 326 g/mol. The monoisotopic (exact) mass is 326 g/mol. The van der Waals surface area contributed by atoms with E-state index >= 15 is 0 Å². The molecule has 0 saturated heterocycles. The Hall–Kier alpha value is -2.37. The van der Waals surface area contributed by atoms with Crippen LogP contribution in [0.5, 0.6) is 0 Å². The molecule has 1 unspecified atom stereocenters. The molecule has 0 radical (unpaired) electrons. The minimum Gasteiger partial charge on any atom is -0.333 e. The van der Waals surface area contributed by atoms with E-state index in [1.165, 1.54) is 18.9 Å². The van der Waals surface area contributed by atoms with Gasteiger partial charge in [0.2, 0.25) is 5.56 Å². The number of fused-ring (bicyclic) bond motifs is 1. The van der Waals surface area contributed by atoms with Crippen molar-refractivity contribution in [2.45, 2.75) is 44.7 Å². The Morgan fingerprint density at radius 1 is 1.21 bits per heavy atom. The minimum atomic E-state index is -0.241. The minimum absolute atomic E-state index is 0.0109. The van der Waals surface area contributed by atoms with E-state index < -0.39 is 0 Å². The third-order valence-electron chi connectivity index (χ3n) is 5.28. The molecule has 2 aromatic heterocycles. The molecule has 2 aromatic rings. The highest BCUT2D eigenvalue weighted by molar-refractivity contribution is 5.94. The van der Waals surface area contributed by atoms with Gasteiger partial charge in [0.1, 0.15) is 5.82 Å². The lowest BCUT2D eigenvalue weighted by atomic mass is 9.95. The molecule has 6 heteroatoms. The van der Waals surface area contributed by atoms with Gasteiger partial charge in [-0.25, -0.2) is 4.98 Å². The summed E-state index contributed by atoms with van der Waals surface area (Å²) in [6.45, 7) is 1.59. The summed E-state index contributed by atoms with van der Waals surface area (Å²) in [4.78, 5) is 33.9. The molecule has 1 N–H and O–H groups in total. The highest BCUT2D eigenvalue weighted by atomic mass is 16.2. The molecule has 6 nitrogen and oxygen atoms in total. The van der Waals surface area contributed by atoms with Crippen LogP contribution in [0.4, 0.5) is 0 Å². The number of carbonyl (C=O) groups is 1. The van der Waals surface area contributed by atoms with Crippen molar-refractivity contribution in [1.82, 2.24) is 19.4 Å². The van der Waals surface area contributed by atoms with E-state index in [0.717, 1.165) is 31.6 Å². The van der Waals surface area contributed by atoms with Crippen molar-refractivity contribution in [3.63, 3.8) is 0 Å². The number of hydrogen-bond donors (Lipinski definition) is 1. The molecule has 1 amide bonds. The molecule has 2 aliphatic rings. The summed E-state index contributed by atoms with van der Waals surface area (Å²) in [5, 5.41) is 0. The molecular weight excluding hydrogens is 304 g/mol. The lowest BCUT2D eigenvalue weighted by Gasteiger charge is -2.33. The summed E-state index contributed by atoms with van der Waals surface area (Å²) in [6.07, 6.45) is 11.0. The summed E-state index contributed by atoms with van der Waals surface area (Å²) in [5.41, 5.74) is 0.219. The number of H-pyrrole nitrogens is 1. The molecule has 0 spiro atoms. The van der Waals surface area contributed by atoms with Crippen molar-refractivity contribution in [3.8, 4) is 0 Å². The smallest absolute Gasteiger partial charge is 0.254 e. The zero-order chi connectivity index (χ0) is 16.5. The molecule has 126 valence electrons. The Kier molecular flexibility index (Phi) is 3.96. The van der Waals surface area contributed by atoms with Crippen LogP contribution in [-0.2, 0) is 6.54 Å². The van der Waals surface area contributed by atoms with E-state index in [4.69, 9.17) is 0 Å². The molecule has 24 heavy (non-hydrogen) atoms. The third kappa shape index (κ3) is 2.66. The van der Waals surface area contributed by atoms with Gasteiger partial charge in [0, 0.05) is 43.3 Å². The van der Waals surface area contributed by atoms with Gasteiger partial charge in [-0.3, -0.25) is 9.59 Å². The Bertz CT molecular complexity index is 788. The molecule has 1 aliphatic heterocycles. The number of nitrogens with zero attached hydrogens (tertiary/aromatic N) is 3. The van der Waals surface area contributed by atoms with Gasteiger partial charge in [-0.2, -0.15) is 0 Å². The number of imidazole rings is 1. The van der Waals surface area contributed by atoms with Crippen LogP contribution in [0.2, 0.25) is 0 Å². The van der Waals surface area contributed by atoms with Crippen molar-refractivity contribution < 1.29 is 4.79 Å². The predicted molar refractivity (Wildman–Crippen MR) is 89.6 cm³/mol. The lowest BCUT2D eigenvalue weighted by molar-refractivity contribution is 0.0603. The van der Waals surface area contributed by atoms with Gasteiger partial charge >= 0.3 is 0 Å². The topological polar surface area (TPSA) is 71.0 Å². The van der Waals surface area contributed by atoms with Gasteiger partial charge in [0.25, 0.3) is 5.91 Å².